The van der Waals surface area contributed by atoms with Gasteiger partial charge in [-0.25, -0.2) is 0 Å². The van der Waals surface area contributed by atoms with E-state index in [1.807, 2.05) is 24.3 Å². The molecule has 27 heavy (non-hydrogen) atoms. The van der Waals surface area contributed by atoms with E-state index in [1.165, 1.54) is 13.8 Å². The normalized spacial score (nSPS) is 15.0. The maximum atomic E-state index is 11.0. The average molecular weight is 364 g/mol. The lowest BCUT2D eigenvalue weighted by Crippen LogP contribution is -2.31. The van der Waals surface area contributed by atoms with Gasteiger partial charge in [-0.2, -0.15) is 10.2 Å². The summed E-state index contributed by atoms with van der Waals surface area (Å²) in [6.45, 7) is 6.84. The number of carbonyl (C=O) groups excluding carboxylic acids is 2. The first-order chi connectivity index (χ1) is 12.8. The van der Waals surface area contributed by atoms with Crippen molar-refractivity contribution >= 4 is 23.4 Å². The third kappa shape index (κ3) is 3.95. The van der Waals surface area contributed by atoms with Gasteiger partial charge in [0.2, 0.25) is 0 Å². The Labute approximate surface area is 157 Å². The number of rotatable bonds is 4. The van der Waals surface area contributed by atoms with Gasteiger partial charge in [-0.05, 0) is 73.5 Å². The van der Waals surface area contributed by atoms with E-state index in [4.69, 9.17) is 9.47 Å². The fourth-order valence-electron chi connectivity index (χ4n) is 2.99. The predicted molar refractivity (Wildman–Crippen MR) is 102 cm³/mol. The van der Waals surface area contributed by atoms with Gasteiger partial charge in [-0.1, -0.05) is 0 Å². The van der Waals surface area contributed by atoms with Crippen LogP contribution in [0.2, 0.25) is 0 Å². The van der Waals surface area contributed by atoms with Crippen LogP contribution in [0.1, 0.15) is 38.8 Å². The number of carbonyl (C=O) groups is 2. The lowest BCUT2D eigenvalue weighted by Gasteiger charge is -2.23. The van der Waals surface area contributed by atoms with Gasteiger partial charge >= 0.3 is 11.9 Å². The van der Waals surface area contributed by atoms with Crippen molar-refractivity contribution in [2.24, 2.45) is 15.6 Å². The van der Waals surface area contributed by atoms with E-state index < -0.39 is 5.41 Å². The van der Waals surface area contributed by atoms with E-state index in [0.717, 1.165) is 22.6 Å². The number of hydrogen-bond donors (Lipinski definition) is 0. The largest absolute Gasteiger partial charge is 0.427 e. The van der Waals surface area contributed by atoms with E-state index in [-0.39, 0.29) is 11.9 Å². The Balaban J connectivity index is 1.81. The Morgan fingerprint density at radius 3 is 1.33 bits per heavy atom. The molecule has 6 heteroatoms. The van der Waals surface area contributed by atoms with Crippen LogP contribution >= 0.6 is 0 Å². The summed E-state index contributed by atoms with van der Waals surface area (Å²) in [7, 11) is 0. The molecule has 0 unspecified atom stereocenters. The molecule has 0 radical (unpaired) electrons. The summed E-state index contributed by atoms with van der Waals surface area (Å²) in [6.07, 6.45) is 0. The third-order valence-corrected chi connectivity index (χ3v) is 4.21. The van der Waals surface area contributed by atoms with Crippen LogP contribution in [0.5, 0.6) is 11.5 Å². The second kappa shape index (κ2) is 7.15. The SMILES string of the molecule is CC(=O)Oc1ccc(C2=NN=C(c3ccc(OC(C)=O)cc3)C2(C)C)cc1. The van der Waals surface area contributed by atoms with Gasteiger partial charge in [0.05, 0.1) is 16.8 Å². The summed E-state index contributed by atoms with van der Waals surface area (Å²) in [5, 5.41) is 8.78. The van der Waals surface area contributed by atoms with Gasteiger partial charge in [0.15, 0.2) is 0 Å². The molecule has 1 aliphatic heterocycles. The number of nitrogens with zero attached hydrogens (tertiary/aromatic N) is 2. The summed E-state index contributed by atoms with van der Waals surface area (Å²) < 4.78 is 10.1. The zero-order valence-corrected chi connectivity index (χ0v) is 15.6. The van der Waals surface area contributed by atoms with Gasteiger partial charge < -0.3 is 9.47 Å². The first-order valence-corrected chi connectivity index (χ1v) is 8.51. The molecule has 0 spiro atoms. The molecule has 0 saturated heterocycles. The summed E-state index contributed by atoms with van der Waals surface area (Å²) in [5.41, 5.74) is 3.07. The Morgan fingerprint density at radius 2 is 1.04 bits per heavy atom. The molecule has 1 heterocycles. The third-order valence-electron chi connectivity index (χ3n) is 4.21. The zero-order chi connectivity index (χ0) is 19.6. The number of ether oxygens (including phenoxy) is 2. The molecule has 138 valence electrons. The molecule has 0 saturated carbocycles. The van der Waals surface area contributed by atoms with Gasteiger partial charge in [0, 0.05) is 13.8 Å². The highest BCUT2D eigenvalue weighted by Crippen LogP contribution is 2.34. The van der Waals surface area contributed by atoms with Crippen molar-refractivity contribution in [3.8, 4) is 11.5 Å². The van der Waals surface area contributed by atoms with Gasteiger partial charge in [0.1, 0.15) is 11.5 Å². The average Bonchev–Trinajstić information content (AvgIpc) is 2.90. The number of hydrogen-bond acceptors (Lipinski definition) is 6. The van der Waals surface area contributed by atoms with Gasteiger partial charge in [0.25, 0.3) is 0 Å². The smallest absolute Gasteiger partial charge is 0.308 e. The molecule has 0 amide bonds. The molecule has 0 fully saturated rings. The summed E-state index contributed by atoms with van der Waals surface area (Å²) in [5.74, 6) is 0.267. The molecular formula is C21H20N2O4. The second-order valence-electron chi connectivity index (χ2n) is 6.76. The fraction of sp³-hybridized carbons (Fsp3) is 0.238. The molecule has 0 bridgehead atoms. The molecule has 0 atom stereocenters. The zero-order valence-electron chi connectivity index (χ0n) is 15.6. The summed E-state index contributed by atoms with van der Waals surface area (Å²) in [6, 6.07) is 14.4. The summed E-state index contributed by atoms with van der Waals surface area (Å²) in [4.78, 5) is 22.1. The van der Waals surface area contributed by atoms with Crippen molar-refractivity contribution in [3.63, 3.8) is 0 Å². The Bertz CT molecular complexity index is 862. The van der Waals surface area contributed by atoms with Gasteiger partial charge in [-0.15, -0.1) is 0 Å². The molecular weight excluding hydrogens is 344 g/mol. The van der Waals surface area contributed by atoms with Crippen LogP contribution in [0.4, 0.5) is 0 Å². The van der Waals surface area contributed by atoms with E-state index in [9.17, 15) is 9.59 Å². The predicted octanol–water partition coefficient (Wildman–Crippen LogP) is 3.77. The van der Waals surface area contributed by atoms with E-state index in [1.54, 1.807) is 24.3 Å². The van der Waals surface area contributed by atoms with E-state index in [2.05, 4.69) is 24.1 Å². The van der Waals surface area contributed by atoms with Crippen LogP contribution in [0.25, 0.3) is 0 Å². The first kappa shape index (κ1) is 18.5. The molecule has 0 N–H and O–H groups in total. The molecule has 3 rings (SSSR count). The van der Waals surface area contributed by atoms with Crippen LogP contribution in [0.15, 0.2) is 58.7 Å². The van der Waals surface area contributed by atoms with Crippen LogP contribution in [-0.2, 0) is 9.59 Å². The van der Waals surface area contributed by atoms with Gasteiger partial charge in [-0.3, -0.25) is 9.59 Å². The molecule has 6 nitrogen and oxygen atoms in total. The minimum atomic E-state index is -0.411. The quantitative estimate of drug-likeness (QED) is 0.611. The monoisotopic (exact) mass is 364 g/mol. The van der Waals surface area contributed by atoms with Crippen molar-refractivity contribution in [1.82, 2.24) is 0 Å². The van der Waals surface area contributed by atoms with Crippen LogP contribution in [0.3, 0.4) is 0 Å². The topological polar surface area (TPSA) is 77.3 Å². The van der Waals surface area contributed by atoms with Crippen LogP contribution in [-0.4, -0.2) is 23.4 Å². The lowest BCUT2D eigenvalue weighted by molar-refractivity contribution is -0.132. The van der Waals surface area contributed by atoms with Crippen molar-refractivity contribution in [1.29, 1.82) is 0 Å². The standard InChI is InChI=1S/C21H20N2O4/c1-13(24)26-17-9-5-15(6-10-17)19-21(3,4)20(23-22-19)16-7-11-18(12-8-16)27-14(2)25/h5-12H,1-4H3. The number of benzene rings is 2. The Hall–Kier alpha value is -3.28. The first-order valence-electron chi connectivity index (χ1n) is 8.51. The highest BCUT2D eigenvalue weighted by Gasteiger charge is 2.37. The second-order valence-corrected chi connectivity index (χ2v) is 6.76. The molecule has 1 aliphatic rings. The maximum Gasteiger partial charge on any atom is 0.308 e. The fourth-order valence-corrected chi connectivity index (χ4v) is 2.99. The lowest BCUT2D eigenvalue weighted by atomic mass is 9.77. The number of esters is 2. The Morgan fingerprint density at radius 1 is 0.704 bits per heavy atom. The van der Waals surface area contributed by atoms with E-state index >= 15 is 0 Å². The maximum absolute atomic E-state index is 11.0. The minimum absolute atomic E-state index is 0.357. The molecule has 0 aromatic heterocycles. The van der Waals surface area contributed by atoms with Crippen molar-refractivity contribution in [2.45, 2.75) is 27.7 Å². The molecule has 2 aromatic rings. The van der Waals surface area contributed by atoms with E-state index in [0.29, 0.717) is 11.5 Å². The van der Waals surface area contributed by atoms with Crippen molar-refractivity contribution < 1.29 is 19.1 Å². The van der Waals surface area contributed by atoms with Crippen molar-refractivity contribution in [2.75, 3.05) is 0 Å². The van der Waals surface area contributed by atoms with Crippen LogP contribution in [0, 0.1) is 5.41 Å². The Kier molecular flexibility index (Phi) is 4.90. The highest BCUT2D eigenvalue weighted by molar-refractivity contribution is 6.25. The minimum Gasteiger partial charge on any atom is -0.427 e. The summed E-state index contributed by atoms with van der Waals surface area (Å²) >= 11 is 0. The molecule has 2 aromatic carbocycles. The highest BCUT2D eigenvalue weighted by atomic mass is 16.5. The molecule has 0 aliphatic carbocycles. The van der Waals surface area contributed by atoms with Crippen LogP contribution < -0.4 is 9.47 Å². The van der Waals surface area contributed by atoms with Crippen molar-refractivity contribution in [3.05, 3.63) is 59.7 Å².